The van der Waals surface area contributed by atoms with Crippen LogP contribution in [-0.2, 0) is 4.74 Å². The molecule has 1 aliphatic rings. The highest BCUT2D eigenvalue weighted by Crippen LogP contribution is 2.32. The average molecular weight is 297 g/mol. The van der Waals surface area contributed by atoms with Crippen LogP contribution >= 0.6 is 0 Å². The molecule has 3 rings (SSSR count). The van der Waals surface area contributed by atoms with E-state index < -0.39 is 31.1 Å². The third-order valence-corrected chi connectivity index (χ3v) is 3.39. The molecule has 0 aliphatic carbocycles. The number of imidazole rings is 1. The van der Waals surface area contributed by atoms with Gasteiger partial charge in [0.25, 0.3) is 0 Å². The number of rotatable bonds is 3. The van der Waals surface area contributed by atoms with E-state index in [1.165, 1.54) is 18.0 Å². The Morgan fingerprint density at radius 3 is 2.76 bits per heavy atom. The Morgan fingerprint density at radius 1 is 1.38 bits per heavy atom. The van der Waals surface area contributed by atoms with Crippen molar-refractivity contribution in [3.63, 3.8) is 0 Å². The van der Waals surface area contributed by atoms with Crippen molar-refractivity contribution in [2.24, 2.45) is 0 Å². The van der Waals surface area contributed by atoms with E-state index in [2.05, 4.69) is 15.0 Å². The second-order valence-electron chi connectivity index (χ2n) is 4.64. The molecular formula is C11H15N5O5. The van der Waals surface area contributed by atoms with Gasteiger partial charge < -0.3 is 30.5 Å². The first-order valence-corrected chi connectivity index (χ1v) is 6.23. The molecule has 0 bridgehead atoms. The maximum Gasteiger partial charge on any atom is 0.246 e. The number of fused-ring (bicyclic) bond motifs is 1. The van der Waals surface area contributed by atoms with Crippen LogP contribution in [0, 0.1) is 0 Å². The maximum absolute atomic E-state index is 10.0. The lowest BCUT2D eigenvalue weighted by Gasteiger charge is -2.16. The van der Waals surface area contributed by atoms with Crippen LogP contribution in [0.1, 0.15) is 6.23 Å². The number of ether oxygens (including phenoxy) is 2. The van der Waals surface area contributed by atoms with E-state index in [0.717, 1.165) is 0 Å². The predicted octanol–water partition coefficient (Wildman–Crippen LogP) is -1.97. The molecular weight excluding hydrogens is 282 g/mol. The van der Waals surface area contributed by atoms with Gasteiger partial charge in [0.05, 0.1) is 20.0 Å². The highest BCUT2D eigenvalue weighted by atomic mass is 16.6. The predicted molar refractivity (Wildman–Crippen MR) is 69.3 cm³/mol. The summed E-state index contributed by atoms with van der Waals surface area (Å²) < 4.78 is 11.9. The summed E-state index contributed by atoms with van der Waals surface area (Å²) in [5.74, 6) is 0.177. The zero-order valence-electron chi connectivity index (χ0n) is 11.1. The molecule has 0 amide bonds. The zero-order chi connectivity index (χ0) is 15.1. The minimum absolute atomic E-state index is 0.0205. The molecule has 10 nitrogen and oxygen atoms in total. The summed E-state index contributed by atoms with van der Waals surface area (Å²) >= 11 is 0. The molecule has 5 N–H and O–H groups in total. The Morgan fingerprint density at radius 2 is 2.14 bits per heavy atom. The van der Waals surface area contributed by atoms with Gasteiger partial charge in [-0.25, -0.2) is 4.98 Å². The molecule has 4 atom stereocenters. The second-order valence-corrected chi connectivity index (χ2v) is 4.64. The summed E-state index contributed by atoms with van der Waals surface area (Å²) in [4.78, 5) is 12.1. The molecule has 21 heavy (non-hydrogen) atoms. The summed E-state index contributed by atoms with van der Waals surface area (Å²) in [5, 5.41) is 29.0. The number of nitrogens with two attached hydrogens (primary N) is 1. The summed E-state index contributed by atoms with van der Waals surface area (Å²) in [7, 11) is 1.42. The first kappa shape index (κ1) is 13.9. The molecule has 0 aromatic carbocycles. The fourth-order valence-electron chi connectivity index (χ4n) is 2.35. The molecule has 2 aromatic rings. The largest absolute Gasteiger partial charge is 0.479 e. The Bertz CT molecular complexity index is 662. The first-order valence-electron chi connectivity index (χ1n) is 6.23. The molecule has 114 valence electrons. The second kappa shape index (κ2) is 5.07. The number of aliphatic hydroxyl groups is 3. The molecule has 3 heterocycles. The van der Waals surface area contributed by atoms with E-state index in [9.17, 15) is 10.2 Å². The molecule has 10 heteroatoms. The molecule has 1 saturated heterocycles. The molecule has 0 unspecified atom stereocenters. The maximum atomic E-state index is 10.0. The summed E-state index contributed by atoms with van der Waals surface area (Å²) in [6.07, 6.45) is -2.90. The highest BCUT2D eigenvalue weighted by molar-refractivity contribution is 5.77. The van der Waals surface area contributed by atoms with Crippen molar-refractivity contribution in [1.82, 2.24) is 19.5 Å². The molecule has 0 radical (unpaired) electrons. The number of anilines is 1. The number of aromatic nitrogens is 4. The van der Waals surface area contributed by atoms with Crippen molar-refractivity contribution >= 4 is 17.1 Å². The van der Waals surface area contributed by atoms with Gasteiger partial charge in [-0.15, -0.1) is 0 Å². The van der Waals surface area contributed by atoms with Crippen LogP contribution in [0.4, 0.5) is 5.95 Å². The summed E-state index contributed by atoms with van der Waals surface area (Å²) in [6.45, 7) is -0.415. The lowest BCUT2D eigenvalue weighted by atomic mass is 10.1. The van der Waals surface area contributed by atoms with Gasteiger partial charge in [0.2, 0.25) is 11.8 Å². The molecule has 1 aliphatic heterocycles. The van der Waals surface area contributed by atoms with Crippen LogP contribution in [0.3, 0.4) is 0 Å². The van der Waals surface area contributed by atoms with E-state index in [1.54, 1.807) is 0 Å². The van der Waals surface area contributed by atoms with Crippen LogP contribution in [-0.4, -0.2) is 66.9 Å². The normalized spacial score (nSPS) is 29.1. The summed E-state index contributed by atoms with van der Waals surface area (Å²) in [5.41, 5.74) is 6.26. The van der Waals surface area contributed by atoms with E-state index in [-0.39, 0.29) is 11.8 Å². The van der Waals surface area contributed by atoms with E-state index >= 15 is 0 Å². The number of hydrogen-bond donors (Lipinski definition) is 4. The van der Waals surface area contributed by atoms with Gasteiger partial charge in [-0.3, -0.25) is 4.57 Å². The number of nitrogens with zero attached hydrogens (tertiary/aromatic N) is 4. The van der Waals surface area contributed by atoms with Crippen LogP contribution in [0.15, 0.2) is 6.33 Å². The fraction of sp³-hybridized carbons (Fsp3) is 0.545. The van der Waals surface area contributed by atoms with Gasteiger partial charge in [-0.2, -0.15) is 9.97 Å². The van der Waals surface area contributed by atoms with E-state index in [0.29, 0.717) is 11.2 Å². The van der Waals surface area contributed by atoms with Crippen molar-refractivity contribution in [2.75, 3.05) is 19.5 Å². The third kappa shape index (κ3) is 2.08. The molecule has 0 spiro atoms. The van der Waals surface area contributed by atoms with Gasteiger partial charge in [0.15, 0.2) is 17.4 Å². The summed E-state index contributed by atoms with van der Waals surface area (Å²) in [6, 6.07) is 0. The Kier molecular flexibility index (Phi) is 3.37. The van der Waals surface area contributed by atoms with Crippen molar-refractivity contribution in [1.29, 1.82) is 0 Å². The Balaban J connectivity index is 2.07. The number of methoxy groups -OCH3 is 1. The zero-order valence-corrected chi connectivity index (χ0v) is 11.1. The minimum Gasteiger partial charge on any atom is -0.479 e. The van der Waals surface area contributed by atoms with Crippen LogP contribution in [0.2, 0.25) is 0 Å². The van der Waals surface area contributed by atoms with Crippen LogP contribution in [0.5, 0.6) is 5.88 Å². The first-order chi connectivity index (χ1) is 10.1. The van der Waals surface area contributed by atoms with E-state index in [1.807, 2.05) is 0 Å². The molecule has 0 saturated carbocycles. The van der Waals surface area contributed by atoms with Crippen molar-refractivity contribution in [2.45, 2.75) is 24.5 Å². The number of hydrogen-bond acceptors (Lipinski definition) is 9. The lowest BCUT2D eigenvalue weighted by molar-refractivity contribution is -0.0511. The van der Waals surface area contributed by atoms with Crippen molar-refractivity contribution < 1.29 is 24.8 Å². The van der Waals surface area contributed by atoms with Gasteiger partial charge in [-0.1, -0.05) is 0 Å². The molecule has 2 aromatic heterocycles. The van der Waals surface area contributed by atoms with Gasteiger partial charge >= 0.3 is 0 Å². The van der Waals surface area contributed by atoms with Gasteiger partial charge in [0, 0.05) is 0 Å². The van der Waals surface area contributed by atoms with Crippen molar-refractivity contribution in [3.8, 4) is 5.88 Å². The van der Waals surface area contributed by atoms with Gasteiger partial charge in [-0.05, 0) is 0 Å². The topological polar surface area (TPSA) is 149 Å². The highest BCUT2D eigenvalue weighted by Gasteiger charge is 2.44. The smallest absolute Gasteiger partial charge is 0.246 e. The quantitative estimate of drug-likeness (QED) is 0.506. The number of nitrogen functional groups attached to an aromatic ring is 1. The third-order valence-electron chi connectivity index (χ3n) is 3.39. The lowest BCUT2D eigenvalue weighted by Crippen LogP contribution is -2.33. The average Bonchev–Trinajstić information content (AvgIpc) is 3.01. The monoisotopic (exact) mass is 297 g/mol. The van der Waals surface area contributed by atoms with E-state index in [4.69, 9.17) is 20.3 Å². The Hall–Kier alpha value is -2.01. The van der Waals surface area contributed by atoms with Gasteiger partial charge in [0.1, 0.15) is 18.3 Å². The van der Waals surface area contributed by atoms with Crippen LogP contribution < -0.4 is 10.5 Å². The minimum atomic E-state index is -1.23. The number of aliphatic hydroxyl groups excluding tert-OH is 3. The van der Waals surface area contributed by atoms with Crippen molar-refractivity contribution in [3.05, 3.63) is 6.33 Å². The van der Waals surface area contributed by atoms with Crippen LogP contribution in [0.25, 0.3) is 11.2 Å². The standard InChI is InChI=1S/C11H15N5O5/c1-20-9-5-8(14-11(12)15-9)16(3-13-5)10-7(19)6(18)4(2-17)21-10/h3-4,6-7,10,17-19H,2H2,1H3,(H2,12,14,15)/t4-,6+,7+,10+/m0/s1. The SMILES string of the molecule is COc1nc(N)nc2c1ncn2[C@@H]1O[C@@H](CO)[C@@H](O)[C@H]1O. The molecule has 1 fully saturated rings. The Labute approximate surface area is 118 Å². The fourth-order valence-corrected chi connectivity index (χ4v) is 2.35.